The molecule has 2 aromatic heterocycles. The number of aromatic nitrogens is 1. The highest BCUT2D eigenvalue weighted by Crippen LogP contribution is 2.40. The number of benzene rings is 1. The highest BCUT2D eigenvalue weighted by atomic mass is 32.1. The number of hydrogen-bond donors (Lipinski definition) is 1. The lowest BCUT2D eigenvalue weighted by atomic mass is 9.84. The van der Waals surface area contributed by atoms with Crippen LogP contribution in [0.2, 0.25) is 0 Å². The van der Waals surface area contributed by atoms with Crippen molar-refractivity contribution in [1.29, 1.82) is 10.5 Å². The fourth-order valence-electron chi connectivity index (χ4n) is 3.17. The summed E-state index contributed by atoms with van der Waals surface area (Å²) < 4.78 is 7.22. The summed E-state index contributed by atoms with van der Waals surface area (Å²) >= 11 is 1.62. The van der Waals surface area contributed by atoms with Gasteiger partial charge in [-0.25, -0.2) is 0 Å². The summed E-state index contributed by atoms with van der Waals surface area (Å²) in [5.74, 6) is 0.728. The molecule has 1 fully saturated rings. The molecule has 1 aliphatic rings. The van der Waals surface area contributed by atoms with Crippen LogP contribution in [0.1, 0.15) is 11.1 Å². The van der Waals surface area contributed by atoms with E-state index in [2.05, 4.69) is 22.4 Å². The van der Waals surface area contributed by atoms with E-state index in [1.54, 1.807) is 17.5 Å². The second-order valence-corrected chi connectivity index (χ2v) is 7.48. The highest BCUT2D eigenvalue weighted by Gasteiger charge is 2.38. The molecule has 0 aliphatic carbocycles. The maximum atomic E-state index is 9.45. The predicted octanol–water partition coefficient (Wildman–Crippen LogP) is 3.64. The Kier molecular flexibility index (Phi) is 4.08. The van der Waals surface area contributed by atoms with Crippen molar-refractivity contribution < 1.29 is 4.74 Å². The third-order valence-corrected chi connectivity index (χ3v) is 5.63. The topological polar surface area (TPSA) is 81.7 Å². The van der Waals surface area contributed by atoms with E-state index in [4.69, 9.17) is 4.74 Å². The number of hydrogen-bond acceptors (Lipinski definition) is 6. The maximum Gasteiger partial charge on any atom is 0.130 e. The second-order valence-electron chi connectivity index (χ2n) is 6.56. The Balaban J connectivity index is 1.82. The molecule has 1 saturated heterocycles. The van der Waals surface area contributed by atoms with Crippen LogP contribution in [-0.2, 0) is 0 Å². The van der Waals surface area contributed by atoms with Gasteiger partial charge in [0.25, 0.3) is 0 Å². The number of pyridine rings is 1. The summed E-state index contributed by atoms with van der Waals surface area (Å²) in [6.07, 6.45) is 1.77. The van der Waals surface area contributed by atoms with Gasteiger partial charge in [0.15, 0.2) is 0 Å². The Labute approximate surface area is 155 Å². The van der Waals surface area contributed by atoms with Crippen LogP contribution in [0.25, 0.3) is 21.3 Å². The van der Waals surface area contributed by atoms with Gasteiger partial charge in [-0.2, -0.15) is 10.5 Å². The fourth-order valence-corrected chi connectivity index (χ4v) is 4.05. The van der Waals surface area contributed by atoms with Gasteiger partial charge in [0.1, 0.15) is 17.8 Å². The minimum atomic E-state index is -0.478. The average Bonchev–Trinajstić information content (AvgIpc) is 3.10. The van der Waals surface area contributed by atoms with Crippen LogP contribution in [0.3, 0.4) is 0 Å². The average molecular weight is 360 g/mol. The van der Waals surface area contributed by atoms with Crippen molar-refractivity contribution in [2.75, 3.05) is 19.7 Å². The summed E-state index contributed by atoms with van der Waals surface area (Å²) in [6.45, 7) is 3.54. The number of rotatable bonds is 4. The van der Waals surface area contributed by atoms with E-state index < -0.39 is 5.41 Å². The molecular formula is C20H16N4OS. The third kappa shape index (κ3) is 2.70. The van der Waals surface area contributed by atoms with Gasteiger partial charge in [0.2, 0.25) is 0 Å². The summed E-state index contributed by atoms with van der Waals surface area (Å²) in [6, 6.07) is 12.2. The minimum Gasteiger partial charge on any atom is -0.491 e. The summed E-state index contributed by atoms with van der Waals surface area (Å²) in [7, 11) is 0. The number of nitriles is 2. The summed E-state index contributed by atoms with van der Waals surface area (Å²) in [5.41, 5.74) is 3.80. The largest absolute Gasteiger partial charge is 0.491 e. The first-order valence-corrected chi connectivity index (χ1v) is 9.16. The predicted molar refractivity (Wildman–Crippen MR) is 101 cm³/mol. The molecule has 5 nitrogen and oxygen atoms in total. The molecule has 3 heterocycles. The zero-order valence-corrected chi connectivity index (χ0v) is 15.1. The number of fused-ring (bicyclic) bond motifs is 1. The van der Waals surface area contributed by atoms with E-state index in [1.807, 2.05) is 36.6 Å². The standard InChI is InChI=1S/C20H16N4OS/c1-13-6-14(8-21)7-16(15-2-4-24-17-3-5-26-19(15)17)18(13)25-12-20(9-22)10-23-11-20/h2-7,23H,10-12H2,1H3. The normalized spacial score (nSPS) is 15.0. The van der Waals surface area contributed by atoms with Gasteiger partial charge in [-0.15, -0.1) is 11.3 Å². The number of aryl methyl sites for hydroxylation is 1. The Bertz CT molecular complexity index is 1070. The van der Waals surface area contributed by atoms with E-state index >= 15 is 0 Å². The Morgan fingerprint density at radius 1 is 1.27 bits per heavy atom. The Morgan fingerprint density at radius 3 is 2.81 bits per heavy atom. The maximum absolute atomic E-state index is 9.45. The molecule has 26 heavy (non-hydrogen) atoms. The molecule has 1 aliphatic heterocycles. The molecule has 1 aromatic carbocycles. The number of thiophene rings is 1. The van der Waals surface area contributed by atoms with Crippen molar-refractivity contribution >= 4 is 21.6 Å². The van der Waals surface area contributed by atoms with Crippen molar-refractivity contribution in [3.05, 3.63) is 47.0 Å². The van der Waals surface area contributed by atoms with Gasteiger partial charge in [0, 0.05) is 30.4 Å². The molecule has 0 amide bonds. The first kappa shape index (κ1) is 16.5. The smallest absolute Gasteiger partial charge is 0.130 e. The lowest BCUT2D eigenvalue weighted by molar-refractivity contribution is 0.137. The van der Waals surface area contributed by atoms with Crippen molar-refractivity contribution in [2.24, 2.45) is 5.41 Å². The van der Waals surface area contributed by atoms with E-state index in [0.717, 1.165) is 32.7 Å². The van der Waals surface area contributed by atoms with Crippen LogP contribution < -0.4 is 10.1 Å². The van der Waals surface area contributed by atoms with Crippen LogP contribution in [0, 0.1) is 35.0 Å². The molecule has 6 heteroatoms. The van der Waals surface area contributed by atoms with Gasteiger partial charge < -0.3 is 10.1 Å². The molecule has 0 spiro atoms. The second kappa shape index (κ2) is 6.42. The van der Waals surface area contributed by atoms with E-state index in [9.17, 15) is 10.5 Å². The van der Waals surface area contributed by atoms with Gasteiger partial charge in [0.05, 0.1) is 27.9 Å². The molecule has 0 radical (unpaired) electrons. The van der Waals surface area contributed by atoms with Gasteiger partial charge in [-0.3, -0.25) is 4.98 Å². The highest BCUT2D eigenvalue weighted by molar-refractivity contribution is 7.17. The van der Waals surface area contributed by atoms with E-state index in [1.165, 1.54) is 0 Å². The minimum absolute atomic E-state index is 0.328. The molecule has 0 atom stereocenters. The Morgan fingerprint density at radius 2 is 2.12 bits per heavy atom. The van der Waals surface area contributed by atoms with Crippen LogP contribution in [0.15, 0.2) is 35.8 Å². The fraction of sp³-hybridized carbons (Fsp3) is 0.250. The molecule has 1 N–H and O–H groups in total. The lowest BCUT2D eigenvalue weighted by Crippen LogP contribution is -2.55. The third-order valence-electron chi connectivity index (χ3n) is 4.69. The zero-order chi connectivity index (χ0) is 18.1. The van der Waals surface area contributed by atoms with Crippen LogP contribution in [-0.4, -0.2) is 24.7 Å². The first-order chi connectivity index (χ1) is 12.7. The molecule has 0 saturated carbocycles. The molecular weight excluding hydrogens is 344 g/mol. The van der Waals surface area contributed by atoms with Crippen molar-refractivity contribution in [3.63, 3.8) is 0 Å². The van der Waals surface area contributed by atoms with Crippen LogP contribution in [0.4, 0.5) is 0 Å². The van der Waals surface area contributed by atoms with Crippen molar-refractivity contribution in [2.45, 2.75) is 6.92 Å². The molecule has 0 bridgehead atoms. The summed E-state index contributed by atoms with van der Waals surface area (Å²) in [4.78, 5) is 4.40. The van der Waals surface area contributed by atoms with E-state index in [0.29, 0.717) is 25.3 Å². The van der Waals surface area contributed by atoms with Crippen molar-refractivity contribution in [3.8, 4) is 29.0 Å². The van der Waals surface area contributed by atoms with E-state index in [-0.39, 0.29) is 0 Å². The van der Waals surface area contributed by atoms with Crippen LogP contribution in [0.5, 0.6) is 5.75 Å². The number of nitrogens with one attached hydrogen (secondary N) is 1. The summed E-state index contributed by atoms with van der Waals surface area (Å²) in [5, 5.41) is 24.0. The van der Waals surface area contributed by atoms with Crippen molar-refractivity contribution in [1.82, 2.24) is 10.3 Å². The van der Waals surface area contributed by atoms with Gasteiger partial charge in [-0.1, -0.05) is 0 Å². The lowest BCUT2D eigenvalue weighted by Gasteiger charge is -2.36. The monoisotopic (exact) mass is 360 g/mol. The van der Waals surface area contributed by atoms with Gasteiger partial charge >= 0.3 is 0 Å². The number of nitrogens with zero attached hydrogens (tertiary/aromatic N) is 3. The zero-order valence-electron chi connectivity index (χ0n) is 14.2. The van der Waals surface area contributed by atoms with Gasteiger partial charge in [-0.05, 0) is 42.1 Å². The quantitative estimate of drug-likeness (QED) is 0.768. The molecule has 128 valence electrons. The van der Waals surface area contributed by atoms with Crippen LogP contribution >= 0.6 is 11.3 Å². The molecule has 3 aromatic rings. The molecule has 0 unspecified atom stereocenters. The SMILES string of the molecule is Cc1cc(C#N)cc(-c2ccnc3ccsc23)c1OCC1(C#N)CNC1. The number of ether oxygens (including phenoxy) is 1. The Hall–Kier alpha value is -2.93. The first-order valence-electron chi connectivity index (χ1n) is 8.28. The molecule has 4 rings (SSSR count).